The van der Waals surface area contributed by atoms with Crippen LogP contribution in [-0.4, -0.2) is 60.3 Å². The van der Waals surface area contributed by atoms with Crippen LogP contribution in [0.15, 0.2) is 138 Å². The van der Waals surface area contributed by atoms with Gasteiger partial charge in [0, 0.05) is 46.3 Å². The molecule has 0 atom stereocenters. The number of carbonyl (C=O) groups is 4. The number of anilines is 2. The van der Waals surface area contributed by atoms with E-state index in [0.29, 0.717) is 28.1 Å². The monoisotopic (exact) mass is 1050 g/mol. The second-order valence-electron chi connectivity index (χ2n) is 11.4. The Bertz CT molecular complexity index is 2340. The van der Waals surface area contributed by atoms with Crippen molar-refractivity contribution in [2.24, 2.45) is 0 Å². The normalized spacial score (nSPS) is 8.34. The van der Waals surface area contributed by atoms with Crippen molar-refractivity contribution in [2.45, 2.75) is 138 Å². The summed E-state index contributed by atoms with van der Waals surface area (Å²) in [5, 5.41) is 4.50. The molecule has 0 radical (unpaired) electrons. The summed E-state index contributed by atoms with van der Waals surface area (Å²) in [7, 11) is 0. The van der Waals surface area contributed by atoms with Gasteiger partial charge in [-0.1, -0.05) is 189 Å². The van der Waals surface area contributed by atoms with E-state index in [-0.39, 0.29) is 36.4 Å². The van der Waals surface area contributed by atoms with E-state index in [0.717, 1.165) is 22.3 Å². The fourth-order valence-electron chi connectivity index (χ4n) is 4.75. The lowest BCUT2D eigenvalue weighted by molar-refractivity contribution is -0.146. The van der Waals surface area contributed by atoms with Crippen LogP contribution in [0.3, 0.4) is 0 Å². The highest BCUT2D eigenvalue weighted by atomic mass is 35.5. The summed E-state index contributed by atoms with van der Waals surface area (Å²) in [4.78, 5) is 65.3. The lowest BCUT2D eigenvalue weighted by atomic mass is 10.1. The fraction of sp³-hybridized carbons (Fsp3) is 0.400. The first-order valence-corrected chi connectivity index (χ1v) is 26.6. The number of carbonyl (C=O) groups excluding carboxylic acids is 4. The zero-order valence-electron chi connectivity index (χ0n) is 48.5. The first-order valence-electron chi connectivity index (χ1n) is 26.2. The Labute approximate surface area is 450 Å². The molecular weight excluding hydrogens is 956 g/mol. The molecule has 0 spiro atoms. The van der Waals surface area contributed by atoms with E-state index in [9.17, 15) is 24.0 Å². The second kappa shape index (κ2) is 56.9. The van der Waals surface area contributed by atoms with E-state index in [1.54, 1.807) is 45.9 Å². The Morgan fingerprint density at radius 3 is 1.36 bits per heavy atom. The third-order valence-corrected chi connectivity index (χ3v) is 7.84. The highest BCUT2D eigenvalue weighted by molar-refractivity contribution is 6.38. The molecule has 0 unspecified atom stereocenters. The molecular formula is C60H93ClN4O9. The Balaban J connectivity index is -0.000000195. The molecule has 6 rings (SSSR count). The first kappa shape index (κ1) is 78.4. The van der Waals surface area contributed by atoms with E-state index < -0.39 is 23.9 Å². The van der Waals surface area contributed by atoms with Gasteiger partial charge in [-0.3, -0.25) is 9.78 Å². The average Bonchev–Trinajstić information content (AvgIpc) is 3.47. The number of para-hydroxylation sites is 4. The number of aromatic amines is 1. The molecule has 0 saturated carbocycles. The Hall–Kier alpha value is -6.99. The summed E-state index contributed by atoms with van der Waals surface area (Å²) in [5.74, 6) is -2.44. The molecule has 2 aromatic heterocycles. The molecule has 2 heterocycles. The Morgan fingerprint density at radius 2 is 0.932 bits per heavy atom. The van der Waals surface area contributed by atoms with E-state index in [2.05, 4.69) is 15.3 Å². The number of halogens is 1. The lowest BCUT2D eigenvalue weighted by Crippen LogP contribution is -2.19. The summed E-state index contributed by atoms with van der Waals surface area (Å²) in [6.07, 6.45) is 4.14. The van der Waals surface area contributed by atoms with Crippen molar-refractivity contribution in [3.63, 3.8) is 0 Å². The summed E-state index contributed by atoms with van der Waals surface area (Å²) >= 11 is 6.13. The van der Waals surface area contributed by atoms with Gasteiger partial charge >= 0.3 is 23.9 Å². The number of esters is 4. The Kier molecular flexibility index (Phi) is 60.3. The molecule has 6 aromatic rings. The molecule has 0 saturated heterocycles. The highest BCUT2D eigenvalue weighted by Gasteiger charge is 2.21. The molecule has 414 valence electrons. The summed E-state index contributed by atoms with van der Waals surface area (Å²) in [5.41, 5.74) is 8.30. The number of hydrogen-bond donors (Lipinski definition) is 3. The SMILES string of the molecule is CC.CC.CC.CC.CC.CC.CC.CC.CCOC(=O)C(=CNc1ccccc1)C(=O)OCC.CCOC(=O)c1c[nH]c2ccccc2c1=O.CCOC(=O)c1cnc2ccccc2c1Cl.Nc1ccccc1. The molecule has 13 nitrogen and oxygen atoms in total. The third kappa shape index (κ3) is 32.9. The minimum atomic E-state index is -0.704. The molecule has 0 bridgehead atoms. The zero-order chi connectivity index (χ0) is 58.3. The smallest absolute Gasteiger partial charge is 0.347 e. The molecule has 14 heteroatoms. The molecule has 0 aliphatic heterocycles. The summed E-state index contributed by atoms with van der Waals surface area (Å²) in [6.45, 7) is 39.8. The number of pyridine rings is 2. The van der Waals surface area contributed by atoms with Crippen molar-refractivity contribution in [1.82, 2.24) is 9.97 Å². The van der Waals surface area contributed by atoms with Crippen molar-refractivity contribution < 1.29 is 38.1 Å². The molecule has 74 heavy (non-hydrogen) atoms. The van der Waals surface area contributed by atoms with Gasteiger partial charge in [-0.15, -0.1) is 0 Å². The van der Waals surface area contributed by atoms with Crippen molar-refractivity contribution >= 4 is 68.7 Å². The maximum atomic E-state index is 11.9. The van der Waals surface area contributed by atoms with Gasteiger partial charge in [-0.25, -0.2) is 19.2 Å². The van der Waals surface area contributed by atoms with Crippen LogP contribution < -0.4 is 16.5 Å². The number of benzene rings is 4. The molecule has 0 aliphatic carbocycles. The minimum Gasteiger partial charge on any atom is -0.462 e. The number of aromatic nitrogens is 2. The van der Waals surface area contributed by atoms with Crippen LogP contribution in [0.2, 0.25) is 5.02 Å². The van der Waals surface area contributed by atoms with Gasteiger partial charge in [-0.05, 0) is 70.2 Å². The summed E-state index contributed by atoms with van der Waals surface area (Å²) in [6, 6.07) is 33.1. The van der Waals surface area contributed by atoms with Crippen LogP contribution in [0.25, 0.3) is 21.8 Å². The van der Waals surface area contributed by atoms with Gasteiger partial charge in [0.2, 0.25) is 5.43 Å². The number of nitrogens with two attached hydrogens (primary N) is 1. The fourth-order valence-corrected chi connectivity index (χ4v) is 5.03. The predicted octanol–water partition coefficient (Wildman–Crippen LogP) is 16.4. The van der Waals surface area contributed by atoms with Gasteiger partial charge in [0.15, 0.2) is 5.57 Å². The topological polar surface area (TPSA) is 189 Å². The molecule has 0 fully saturated rings. The van der Waals surface area contributed by atoms with Crippen LogP contribution in [0.1, 0.15) is 159 Å². The number of ether oxygens (including phenoxy) is 4. The number of nitrogens with zero attached hydrogens (tertiary/aromatic N) is 1. The van der Waals surface area contributed by atoms with Crippen molar-refractivity contribution in [1.29, 1.82) is 0 Å². The summed E-state index contributed by atoms with van der Waals surface area (Å²) < 4.78 is 19.3. The number of rotatable bonds is 10. The molecule has 4 aromatic carbocycles. The minimum absolute atomic E-state index is 0.0422. The van der Waals surface area contributed by atoms with E-state index in [1.807, 2.05) is 202 Å². The maximum Gasteiger partial charge on any atom is 0.347 e. The van der Waals surface area contributed by atoms with E-state index in [4.69, 9.17) is 36.3 Å². The number of nitrogens with one attached hydrogen (secondary N) is 2. The largest absolute Gasteiger partial charge is 0.462 e. The van der Waals surface area contributed by atoms with Crippen LogP contribution in [-0.2, 0) is 28.5 Å². The highest BCUT2D eigenvalue weighted by Crippen LogP contribution is 2.26. The van der Waals surface area contributed by atoms with Gasteiger partial charge in [0.25, 0.3) is 0 Å². The van der Waals surface area contributed by atoms with Gasteiger partial charge in [0.1, 0.15) is 5.56 Å². The zero-order valence-corrected chi connectivity index (χ0v) is 49.3. The van der Waals surface area contributed by atoms with Gasteiger partial charge in [-0.2, -0.15) is 0 Å². The van der Waals surface area contributed by atoms with Crippen molar-refractivity contribution in [3.8, 4) is 0 Å². The quantitative estimate of drug-likeness (QED) is 0.0294. The number of fused-ring (bicyclic) bond motifs is 2. The standard InChI is InChI=1S/C14H17NO4.C12H10ClNO2.C12H11NO3.C6H7N.8C2H6/c1-3-18-13(16)12(14(17)19-4-2)10-15-11-8-6-5-7-9-11;1-2-16-12(15)9-7-14-10-6-4-3-5-8(10)11(9)13;1-2-16-12(15)9-7-13-10-6-4-3-5-8(10)11(9)14;7-6-4-2-1-3-5-6;8*1-2/h5-10,15H,3-4H2,1-2H3;3-7H,2H2,1H3;3-7H,2H2,1H3,(H,13,14);1-5H,7H2;8*1-2H3. The molecule has 0 aliphatic rings. The number of hydrogen-bond acceptors (Lipinski definition) is 12. The van der Waals surface area contributed by atoms with Gasteiger partial charge < -0.3 is 35.0 Å². The molecule has 0 amide bonds. The van der Waals surface area contributed by atoms with E-state index >= 15 is 0 Å². The lowest BCUT2D eigenvalue weighted by Gasteiger charge is -2.07. The number of H-pyrrole nitrogens is 1. The predicted molar refractivity (Wildman–Crippen MR) is 316 cm³/mol. The average molecular weight is 1050 g/mol. The van der Waals surface area contributed by atoms with Crippen molar-refractivity contribution in [3.05, 3.63) is 160 Å². The first-order chi connectivity index (χ1) is 36.1. The van der Waals surface area contributed by atoms with Crippen LogP contribution in [0.5, 0.6) is 0 Å². The van der Waals surface area contributed by atoms with Gasteiger partial charge in [0.05, 0.1) is 42.5 Å². The van der Waals surface area contributed by atoms with Crippen LogP contribution in [0.4, 0.5) is 11.4 Å². The van der Waals surface area contributed by atoms with Crippen molar-refractivity contribution in [2.75, 3.05) is 37.5 Å². The Morgan fingerprint density at radius 1 is 0.541 bits per heavy atom. The number of nitrogen functional groups attached to an aromatic ring is 1. The van der Waals surface area contributed by atoms with Crippen LogP contribution in [0, 0.1) is 0 Å². The van der Waals surface area contributed by atoms with E-state index in [1.165, 1.54) is 18.6 Å². The molecule has 4 N–H and O–H groups in total. The maximum absolute atomic E-state index is 11.9. The van der Waals surface area contributed by atoms with Crippen LogP contribution >= 0.6 is 11.6 Å². The third-order valence-electron chi connectivity index (χ3n) is 7.44. The second-order valence-corrected chi connectivity index (χ2v) is 11.8.